The van der Waals surface area contributed by atoms with Gasteiger partial charge in [0.2, 0.25) is 0 Å². The van der Waals surface area contributed by atoms with Crippen molar-refractivity contribution >= 4 is 21.3 Å². The fourth-order valence-electron chi connectivity index (χ4n) is 4.29. The van der Waals surface area contributed by atoms with E-state index < -0.39 is 9.84 Å². The number of nitrogens with zero attached hydrogens (tertiary/aromatic N) is 2. The molecule has 4 rings (SSSR count). The monoisotopic (exact) mass is 403 g/mol. The molecule has 1 saturated carbocycles. The number of rotatable bonds is 3. The smallest absolute Gasteiger partial charge is 0.179 e. The molecule has 0 amide bonds. The zero-order valence-electron chi connectivity index (χ0n) is 16.8. The van der Waals surface area contributed by atoms with Crippen molar-refractivity contribution in [3.63, 3.8) is 0 Å². The molecule has 0 saturated heterocycles. The predicted octanol–water partition coefficient (Wildman–Crippen LogP) is 3.73. The summed E-state index contributed by atoms with van der Waals surface area (Å²) in [4.78, 5) is 0.439. The van der Waals surface area contributed by atoms with E-state index in [9.17, 15) is 13.5 Å². The molecule has 2 N–H and O–H groups in total. The van der Waals surface area contributed by atoms with Gasteiger partial charge >= 0.3 is 0 Å². The van der Waals surface area contributed by atoms with Crippen molar-refractivity contribution in [2.24, 2.45) is 0 Å². The molecule has 2 aliphatic rings. The molecule has 1 aromatic heterocycles. The van der Waals surface area contributed by atoms with E-state index in [0.29, 0.717) is 17.2 Å². The summed E-state index contributed by atoms with van der Waals surface area (Å²) in [5.74, 6) is 1.31. The average Bonchev–Trinajstić information content (AvgIpc) is 3.17. The van der Waals surface area contributed by atoms with E-state index in [1.165, 1.54) is 5.69 Å². The third-order valence-corrected chi connectivity index (χ3v) is 7.59. The van der Waals surface area contributed by atoms with E-state index in [-0.39, 0.29) is 17.4 Å². The third kappa shape index (κ3) is 3.70. The summed E-state index contributed by atoms with van der Waals surface area (Å²) in [5.41, 5.74) is 2.66. The van der Waals surface area contributed by atoms with Crippen LogP contribution in [0.25, 0.3) is 0 Å². The Balaban J connectivity index is 1.64. The molecule has 28 heavy (non-hydrogen) atoms. The number of hydrogen-bond acceptors (Lipinski definition) is 5. The Hall–Kier alpha value is -1.86. The highest BCUT2D eigenvalue weighted by atomic mass is 32.2. The van der Waals surface area contributed by atoms with Crippen LogP contribution in [0.4, 0.5) is 11.5 Å². The second-order valence-electron chi connectivity index (χ2n) is 9.06. The molecule has 2 heterocycles. The lowest BCUT2D eigenvalue weighted by molar-refractivity contribution is 0.120. The summed E-state index contributed by atoms with van der Waals surface area (Å²) in [6.07, 6.45) is 3.97. The minimum absolute atomic E-state index is 0.160. The lowest BCUT2D eigenvalue weighted by Crippen LogP contribution is -2.28. The van der Waals surface area contributed by atoms with Gasteiger partial charge in [-0.05, 0) is 70.6 Å². The summed E-state index contributed by atoms with van der Waals surface area (Å²) in [5, 5.41) is 17.9. The van der Waals surface area contributed by atoms with Crippen molar-refractivity contribution in [2.75, 3.05) is 11.1 Å². The van der Waals surface area contributed by atoms with Gasteiger partial charge in [-0.25, -0.2) is 8.42 Å². The number of aryl methyl sites for hydroxylation is 1. The molecule has 1 aromatic carbocycles. The zero-order valence-corrected chi connectivity index (χ0v) is 17.6. The lowest BCUT2D eigenvalue weighted by atomic mass is 9.85. The Bertz CT molecular complexity index is 981. The van der Waals surface area contributed by atoms with Gasteiger partial charge in [0.1, 0.15) is 0 Å². The molecular weight excluding hydrogens is 374 g/mol. The third-order valence-electron chi connectivity index (χ3n) is 5.80. The SMILES string of the molecule is CC(C)(C)n1nc(Nc2ccc3c(c2)S(=O)(=O)CC3)cc1C1CCC(O)CC1. The molecule has 6 nitrogen and oxygen atoms in total. The van der Waals surface area contributed by atoms with Crippen LogP contribution in [0.2, 0.25) is 0 Å². The summed E-state index contributed by atoms with van der Waals surface area (Å²) in [6, 6.07) is 7.62. The summed E-state index contributed by atoms with van der Waals surface area (Å²) in [7, 11) is -3.16. The molecule has 2 aromatic rings. The van der Waals surface area contributed by atoms with Gasteiger partial charge in [-0.1, -0.05) is 6.07 Å². The number of fused-ring (bicyclic) bond motifs is 1. The fraction of sp³-hybridized carbons (Fsp3) is 0.571. The van der Waals surface area contributed by atoms with E-state index >= 15 is 0 Å². The quantitative estimate of drug-likeness (QED) is 0.816. The van der Waals surface area contributed by atoms with Gasteiger partial charge in [0.05, 0.1) is 22.3 Å². The van der Waals surface area contributed by atoms with Gasteiger partial charge in [0, 0.05) is 23.4 Å². The van der Waals surface area contributed by atoms with Crippen molar-refractivity contribution in [1.82, 2.24) is 9.78 Å². The second-order valence-corrected chi connectivity index (χ2v) is 11.1. The highest BCUT2D eigenvalue weighted by Crippen LogP contribution is 2.37. The first-order valence-corrected chi connectivity index (χ1v) is 11.7. The van der Waals surface area contributed by atoms with Crippen LogP contribution < -0.4 is 5.32 Å². The number of benzene rings is 1. The van der Waals surface area contributed by atoms with Gasteiger partial charge in [0.25, 0.3) is 0 Å². The topological polar surface area (TPSA) is 84.2 Å². The molecule has 0 radical (unpaired) electrons. The van der Waals surface area contributed by atoms with Gasteiger partial charge in [0.15, 0.2) is 15.7 Å². The highest BCUT2D eigenvalue weighted by Gasteiger charge is 2.29. The standard InChI is InChI=1S/C21H29N3O3S/c1-21(2,3)24-18(14-5-8-17(25)9-6-14)13-20(23-24)22-16-7-4-15-10-11-28(26,27)19(15)12-16/h4,7,12-14,17,25H,5-6,8-11H2,1-3H3,(H,22,23). The molecule has 0 atom stereocenters. The summed E-state index contributed by atoms with van der Waals surface area (Å²) in [6.45, 7) is 6.40. The molecule has 0 bridgehead atoms. The maximum absolute atomic E-state index is 12.2. The van der Waals surface area contributed by atoms with E-state index in [1.807, 2.05) is 12.1 Å². The van der Waals surface area contributed by atoms with E-state index in [2.05, 4.69) is 36.8 Å². The van der Waals surface area contributed by atoms with Gasteiger partial charge < -0.3 is 10.4 Å². The van der Waals surface area contributed by atoms with Crippen LogP contribution in [0.5, 0.6) is 0 Å². The highest BCUT2D eigenvalue weighted by molar-refractivity contribution is 7.91. The zero-order chi connectivity index (χ0) is 20.1. The number of aliphatic hydroxyl groups excluding tert-OH is 1. The van der Waals surface area contributed by atoms with Crippen molar-refractivity contribution in [3.8, 4) is 0 Å². The Kier molecular flexibility index (Phi) is 4.78. The number of aromatic nitrogens is 2. The lowest BCUT2D eigenvalue weighted by Gasteiger charge is -2.29. The Morgan fingerprint density at radius 3 is 2.54 bits per heavy atom. The van der Waals surface area contributed by atoms with Crippen LogP contribution in [-0.2, 0) is 21.8 Å². The molecule has 152 valence electrons. The molecule has 1 aliphatic heterocycles. The Labute approximate surface area is 166 Å². The maximum atomic E-state index is 12.2. The minimum atomic E-state index is -3.16. The number of nitrogens with one attached hydrogen (secondary N) is 1. The van der Waals surface area contributed by atoms with Crippen molar-refractivity contribution in [3.05, 3.63) is 35.5 Å². The largest absolute Gasteiger partial charge is 0.393 e. The fourth-order valence-corrected chi connectivity index (χ4v) is 5.87. The van der Waals surface area contributed by atoms with Crippen molar-refractivity contribution in [1.29, 1.82) is 0 Å². The molecule has 1 fully saturated rings. The van der Waals surface area contributed by atoms with Crippen LogP contribution in [0, 0.1) is 0 Å². The second kappa shape index (κ2) is 6.88. The van der Waals surface area contributed by atoms with Crippen LogP contribution in [0.1, 0.15) is 63.6 Å². The predicted molar refractivity (Wildman–Crippen MR) is 110 cm³/mol. The summed E-state index contributed by atoms with van der Waals surface area (Å²) < 4.78 is 26.5. The summed E-state index contributed by atoms with van der Waals surface area (Å²) >= 11 is 0. The van der Waals surface area contributed by atoms with Crippen LogP contribution >= 0.6 is 0 Å². The first kappa shape index (κ1) is 19.5. The molecular formula is C21H29N3O3S. The molecule has 1 aliphatic carbocycles. The van der Waals surface area contributed by atoms with Crippen LogP contribution in [-0.4, -0.2) is 35.2 Å². The number of aliphatic hydroxyl groups is 1. The maximum Gasteiger partial charge on any atom is 0.179 e. The normalized spacial score (nSPS) is 24.1. The molecule has 0 unspecified atom stereocenters. The van der Waals surface area contributed by atoms with Gasteiger partial charge in [-0.2, -0.15) is 5.10 Å². The average molecular weight is 404 g/mol. The van der Waals surface area contributed by atoms with E-state index in [1.54, 1.807) is 6.07 Å². The molecule has 0 spiro atoms. The molecule has 7 heteroatoms. The van der Waals surface area contributed by atoms with Crippen LogP contribution in [0.15, 0.2) is 29.2 Å². The Morgan fingerprint density at radius 2 is 1.86 bits per heavy atom. The minimum Gasteiger partial charge on any atom is -0.393 e. The van der Waals surface area contributed by atoms with E-state index in [4.69, 9.17) is 5.10 Å². The number of sulfone groups is 1. The van der Waals surface area contributed by atoms with Crippen molar-refractivity contribution in [2.45, 2.75) is 75.3 Å². The number of hydrogen-bond donors (Lipinski definition) is 2. The van der Waals surface area contributed by atoms with Crippen molar-refractivity contribution < 1.29 is 13.5 Å². The number of anilines is 2. The Morgan fingerprint density at radius 1 is 1.14 bits per heavy atom. The first-order chi connectivity index (χ1) is 13.1. The van der Waals surface area contributed by atoms with Gasteiger partial charge in [-0.15, -0.1) is 0 Å². The first-order valence-electron chi connectivity index (χ1n) is 10.0. The van der Waals surface area contributed by atoms with Crippen LogP contribution in [0.3, 0.4) is 0 Å². The van der Waals surface area contributed by atoms with E-state index in [0.717, 1.165) is 42.8 Å². The van der Waals surface area contributed by atoms with Gasteiger partial charge in [-0.3, -0.25) is 4.68 Å².